The number of aromatic hydroxyl groups is 1. The van der Waals surface area contributed by atoms with E-state index in [0.717, 1.165) is 6.42 Å². The Morgan fingerprint density at radius 2 is 1.83 bits per heavy atom. The van der Waals surface area contributed by atoms with Crippen molar-refractivity contribution in [3.63, 3.8) is 0 Å². The van der Waals surface area contributed by atoms with E-state index in [9.17, 15) is 19.8 Å². The van der Waals surface area contributed by atoms with Gasteiger partial charge in [-0.3, -0.25) is 9.59 Å². The third-order valence-corrected chi connectivity index (χ3v) is 4.87. The summed E-state index contributed by atoms with van der Waals surface area (Å²) in [6, 6.07) is 12.2. The molecule has 158 valence electrons. The maximum Gasteiger partial charge on any atom is 0.295 e. The van der Waals surface area contributed by atoms with Crippen molar-refractivity contribution in [2.75, 3.05) is 26.9 Å². The molecule has 1 aliphatic heterocycles. The van der Waals surface area contributed by atoms with Gasteiger partial charge in [0.25, 0.3) is 11.7 Å². The zero-order valence-corrected chi connectivity index (χ0v) is 17.0. The predicted octanol–water partition coefficient (Wildman–Crippen LogP) is 3.25. The van der Waals surface area contributed by atoms with Crippen molar-refractivity contribution in [3.05, 3.63) is 65.2 Å². The number of hydrogen-bond acceptors (Lipinski definition) is 6. The van der Waals surface area contributed by atoms with E-state index in [1.54, 1.807) is 36.4 Å². The molecule has 1 fully saturated rings. The molecule has 1 atom stereocenters. The first-order valence-electron chi connectivity index (χ1n) is 9.77. The van der Waals surface area contributed by atoms with Crippen LogP contribution >= 0.6 is 0 Å². The Labute approximate surface area is 175 Å². The van der Waals surface area contributed by atoms with Crippen LogP contribution in [0.4, 0.5) is 0 Å². The summed E-state index contributed by atoms with van der Waals surface area (Å²) in [4.78, 5) is 27.0. The van der Waals surface area contributed by atoms with Crippen molar-refractivity contribution in [3.8, 4) is 11.5 Å². The molecular formula is C23H25NO6. The molecule has 0 aromatic heterocycles. The Balaban J connectivity index is 2.10. The third-order valence-electron chi connectivity index (χ3n) is 4.87. The minimum atomic E-state index is -0.791. The van der Waals surface area contributed by atoms with Crippen LogP contribution in [0.3, 0.4) is 0 Å². The number of amides is 1. The molecule has 2 N–H and O–H groups in total. The van der Waals surface area contributed by atoms with Gasteiger partial charge in [-0.2, -0.15) is 0 Å². The second-order valence-corrected chi connectivity index (χ2v) is 6.95. The van der Waals surface area contributed by atoms with E-state index in [0.29, 0.717) is 23.5 Å². The maximum atomic E-state index is 12.9. The molecule has 2 aromatic rings. The molecule has 7 nitrogen and oxygen atoms in total. The van der Waals surface area contributed by atoms with Crippen LogP contribution in [0.2, 0.25) is 0 Å². The number of nitrogens with zero attached hydrogens (tertiary/aromatic N) is 1. The molecule has 30 heavy (non-hydrogen) atoms. The van der Waals surface area contributed by atoms with Gasteiger partial charge in [0.1, 0.15) is 17.3 Å². The van der Waals surface area contributed by atoms with E-state index in [1.807, 2.05) is 6.92 Å². The summed E-state index contributed by atoms with van der Waals surface area (Å²) in [5, 5.41) is 20.7. The van der Waals surface area contributed by atoms with Crippen LogP contribution in [-0.4, -0.2) is 53.7 Å². The summed E-state index contributed by atoms with van der Waals surface area (Å²) in [5.41, 5.74) is 0.981. The fourth-order valence-electron chi connectivity index (χ4n) is 3.41. The second-order valence-electron chi connectivity index (χ2n) is 6.95. The summed E-state index contributed by atoms with van der Waals surface area (Å²) in [6.45, 7) is 2.94. The number of Topliss-reactive ketones (excluding diaryl/α,β-unsaturated/α-hetero) is 1. The predicted molar refractivity (Wildman–Crippen MR) is 111 cm³/mol. The van der Waals surface area contributed by atoms with Crippen molar-refractivity contribution in [1.29, 1.82) is 0 Å². The lowest BCUT2D eigenvalue weighted by molar-refractivity contribution is -0.140. The Morgan fingerprint density at radius 3 is 2.50 bits per heavy atom. The quantitative estimate of drug-likeness (QED) is 0.393. The number of benzene rings is 2. The van der Waals surface area contributed by atoms with Gasteiger partial charge in [0.2, 0.25) is 0 Å². The Hall–Kier alpha value is -3.32. The molecular weight excluding hydrogens is 386 g/mol. The van der Waals surface area contributed by atoms with Gasteiger partial charge in [-0.25, -0.2) is 0 Å². The Kier molecular flexibility index (Phi) is 6.74. The Bertz CT molecular complexity index is 950. The first kappa shape index (κ1) is 21.4. The van der Waals surface area contributed by atoms with Gasteiger partial charge in [-0.1, -0.05) is 31.2 Å². The lowest BCUT2D eigenvalue weighted by atomic mass is 9.95. The SMILES string of the molecule is CCCOc1cccc(/C(O)=C2/C(=O)C(=O)N(CCOC)C2c2ccc(O)cc2)c1. The number of ether oxygens (including phenoxy) is 2. The van der Waals surface area contributed by atoms with E-state index < -0.39 is 17.7 Å². The number of likely N-dealkylation sites (tertiary alicyclic amines) is 1. The van der Waals surface area contributed by atoms with Gasteiger partial charge in [0, 0.05) is 19.2 Å². The van der Waals surface area contributed by atoms with E-state index in [-0.39, 0.29) is 30.2 Å². The fourth-order valence-corrected chi connectivity index (χ4v) is 3.41. The molecule has 0 saturated carbocycles. The van der Waals surface area contributed by atoms with Crippen LogP contribution in [-0.2, 0) is 14.3 Å². The van der Waals surface area contributed by atoms with Crippen molar-refractivity contribution < 1.29 is 29.3 Å². The van der Waals surface area contributed by atoms with Gasteiger partial charge in [-0.15, -0.1) is 0 Å². The molecule has 1 saturated heterocycles. The van der Waals surface area contributed by atoms with Gasteiger partial charge >= 0.3 is 0 Å². The van der Waals surface area contributed by atoms with E-state index >= 15 is 0 Å². The first-order valence-corrected chi connectivity index (χ1v) is 9.77. The standard InChI is InChI=1S/C23H25NO6/c1-3-12-30-18-6-4-5-16(14-18)21(26)19-20(15-7-9-17(25)10-8-15)24(11-13-29-2)23(28)22(19)27/h4-10,14,20,25-26H,3,11-13H2,1-2H3/b21-19-. The highest BCUT2D eigenvalue weighted by Crippen LogP contribution is 2.39. The third kappa shape index (κ3) is 4.31. The summed E-state index contributed by atoms with van der Waals surface area (Å²) in [7, 11) is 1.51. The molecule has 1 aliphatic rings. The zero-order valence-electron chi connectivity index (χ0n) is 17.0. The zero-order chi connectivity index (χ0) is 21.7. The molecule has 1 unspecified atom stereocenters. The smallest absolute Gasteiger partial charge is 0.295 e. The minimum absolute atomic E-state index is 0.00515. The van der Waals surface area contributed by atoms with Crippen molar-refractivity contribution in [2.24, 2.45) is 0 Å². The van der Waals surface area contributed by atoms with Crippen LogP contribution in [0, 0.1) is 0 Å². The van der Waals surface area contributed by atoms with Gasteiger partial charge < -0.3 is 24.6 Å². The van der Waals surface area contributed by atoms with E-state index in [1.165, 1.54) is 24.1 Å². The number of hydrogen-bond donors (Lipinski definition) is 2. The number of methoxy groups -OCH3 is 1. The summed E-state index contributed by atoms with van der Waals surface area (Å²) < 4.78 is 10.7. The maximum absolute atomic E-state index is 12.9. The average molecular weight is 411 g/mol. The first-order chi connectivity index (χ1) is 14.5. The molecule has 3 rings (SSSR count). The lowest BCUT2D eigenvalue weighted by Crippen LogP contribution is -2.32. The fraction of sp³-hybridized carbons (Fsp3) is 0.304. The van der Waals surface area contributed by atoms with Crippen LogP contribution in [0.5, 0.6) is 11.5 Å². The highest BCUT2D eigenvalue weighted by molar-refractivity contribution is 6.46. The highest BCUT2D eigenvalue weighted by Gasteiger charge is 2.45. The van der Waals surface area contributed by atoms with Gasteiger partial charge in [0.05, 0.1) is 24.8 Å². The average Bonchev–Trinajstić information content (AvgIpc) is 3.01. The molecule has 7 heteroatoms. The van der Waals surface area contributed by atoms with Crippen LogP contribution in [0.15, 0.2) is 54.1 Å². The summed E-state index contributed by atoms with van der Waals surface area (Å²) in [5.74, 6) is -1.11. The lowest BCUT2D eigenvalue weighted by Gasteiger charge is -2.25. The number of aliphatic hydroxyl groups excluding tert-OH is 1. The molecule has 0 spiro atoms. The van der Waals surface area contributed by atoms with E-state index in [4.69, 9.17) is 9.47 Å². The summed E-state index contributed by atoms with van der Waals surface area (Å²) in [6.07, 6.45) is 0.835. The highest BCUT2D eigenvalue weighted by atomic mass is 16.5. The van der Waals surface area contributed by atoms with Gasteiger partial charge in [0.15, 0.2) is 0 Å². The van der Waals surface area contributed by atoms with Crippen molar-refractivity contribution in [1.82, 2.24) is 4.90 Å². The van der Waals surface area contributed by atoms with Crippen LogP contribution in [0.25, 0.3) is 5.76 Å². The van der Waals surface area contributed by atoms with Gasteiger partial charge in [-0.05, 0) is 36.2 Å². The number of rotatable bonds is 8. The molecule has 0 aliphatic carbocycles. The minimum Gasteiger partial charge on any atom is -0.508 e. The van der Waals surface area contributed by atoms with Crippen molar-refractivity contribution in [2.45, 2.75) is 19.4 Å². The number of ketones is 1. The molecule has 1 heterocycles. The van der Waals surface area contributed by atoms with Crippen LogP contribution < -0.4 is 4.74 Å². The number of phenols is 1. The molecule has 0 bridgehead atoms. The molecule has 1 amide bonds. The summed E-state index contributed by atoms with van der Waals surface area (Å²) >= 11 is 0. The van der Waals surface area contributed by atoms with E-state index in [2.05, 4.69) is 0 Å². The second kappa shape index (κ2) is 9.45. The number of carbonyl (C=O) groups is 2. The Morgan fingerprint density at radius 1 is 1.10 bits per heavy atom. The molecule has 2 aromatic carbocycles. The largest absolute Gasteiger partial charge is 0.508 e. The van der Waals surface area contributed by atoms with Crippen molar-refractivity contribution >= 4 is 17.4 Å². The number of phenolic OH excluding ortho intramolecular Hbond substituents is 1. The normalized spacial score (nSPS) is 18.1. The number of carbonyl (C=O) groups excluding carboxylic acids is 2. The molecule has 0 radical (unpaired) electrons. The number of aliphatic hydroxyl groups is 1. The van der Waals surface area contributed by atoms with Crippen LogP contribution in [0.1, 0.15) is 30.5 Å². The topological polar surface area (TPSA) is 96.3 Å². The monoisotopic (exact) mass is 411 g/mol.